The lowest BCUT2D eigenvalue weighted by molar-refractivity contribution is 0.0205. The number of aliphatic hydroxyl groups is 1. The number of hydrogen-bond donors (Lipinski definition) is 3. The fourth-order valence-electron chi connectivity index (χ4n) is 5.15. The van der Waals surface area contributed by atoms with Crippen molar-refractivity contribution in [2.45, 2.75) is 25.0 Å². The van der Waals surface area contributed by atoms with Gasteiger partial charge in [-0.25, -0.2) is 0 Å². The molecule has 0 amide bonds. The Kier molecular flexibility index (Phi) is 8.13. The number of Topliss-reactive ketones (excluding diaryl/α,β-unsaturated/α-hetero) is 1. The molecule has 4 aromatic carbocycles. The van der Waals surface area contributed by atoms with Gasteiger partial charge in [0.15, 0.2) is 23.7 Å². The minimum Gasteiger partial charge on any atom is -0.507 e. The number of benzene rings is 4. The monoisotopic (exact) mass is 572 g/mol. The molecule has 9 nitrogen and oxygen atoms in total. The Balaban J connectivity index is 1.64. The topological polar surface area (TPSA) is 124 Å². The van der Waals surface area contributed by atoms with Crippen LogP contribution < -0.4 is 23.7 Å². The second-order valence-electron chi connectivity index (χ2n) is 9.87. The van der Waals surface area contributed by atoms with Crippen LogP contribution in [0.3, 0.4) is 0 Å². The van der Waals surface area contributed by atoms with Crippen molar-refractivity contribution >= 4 is 5.78 Å². The second kappa shape index (κ2) is 11.9. The standard InChI is InChI=1S/C33H32O9/c1-38-21-10-5-18(6-11-21)15-23-28(34)24(16-19-7-12-22(39-2)13-8-19)33-27(29(23)35)30(36)31(37)32(42-33)20-9-14-25(40-3)26(17-20)41-4/h5-14,17,31-32,34-35,37H,15-16H2,1-4H3/t31-,32+/m1/s1. The molecule has 9 heteroatoms. The van der Waals surface area contributed by atoms with E-state index in [1.807, 2.05) is 12.1 Å². The third kappa shape index (κ3) is 5.26. The SMILES string of the molecule is COc1ccc(Cc2c(O)c(Cc3ccc(OC)cc3)c3c(c2O)C(=O)[C@@H](O)[C@H](c2ccc(OC)c(OC)c2)O3)cc1. The first-order valence-electron chi connectivity index (χ1n) is 13.3. The predicted molar refractivity (Wildman–Crippen MR) is 155 cm³/mol. The summed E-state index contributed by atoms with van der Waals surface area (Å²) in [6.45, 7) is 0. The maximum absolute atomic E-state index is 13.7. The molecule has 1 aliphatic rings. The first kappa shape index (κ1) is 28.6. The number of ketones is 1. The molecule has 3 N–H and O–H groups in total. The Morgan fingerprint density at radius 1 is 0.690 bits per heavy atom. The van der Waals surface area contributed by atoms with Crippen LogP contribution in [-0.2, 0) is 12.8 Å². The van der Waals surface area contributed by atoms with Crippen LogP contribution in [0.5, 0.6) is 40.2 Å². The molecule has 0 unspecified atom stereocenters. The molecule has 0 fully saturated rings. The number of methoxy groups -OCH3 is 4. The second-order valence-corrected chi connectivity index (χ2v) is 9.87. The average Bonchev–Trinajstić information content (AvgIpc) is 3.02. The summed E-state index contributed by atoms with van der Waals surface area (Å²) in [7, 11) is 6.12. The Labute approximate surface area is 243 Å². The number of aliphatic hydroxyl groups excluding tert-OH is 1. The van der Waals surface area contributed by atoms with Crippen molar-refractivity contribution in [3.63, 3.8) is 0 Å². The molecule has 2 atom stereocenters. The van der Waals surface area contributed by atoms with E-state index < -0.39 is 23.7 Å². The summed E-state index contributed by atoms with van der Waals surface area (Å²) in [6.07, 6.45) is -2.47. The zero-order chi connectivity index (χ0) is 30.0. The van der Waals surface area contributed by atoms with E-state index >= 15 is 0 Å². The van der Waals surface area contributed by atoms with Crippen LogP contribution in [0.25, 0.3) is 0 Å². The van der Waals surface area contributed by atoms with Gasteiger partial charge in [0.05, 0.1) is 28.4 Å². The van der Waals surface area contributed by atoms with Crippen molar-refractivity contribution in [3.8, 4) is 40.2 Å². The molecule has 0 spiro atoms. The van der Waals surface area contributed by atoms with Gasteiger partial charge in [0.2, 0.25) is 5.78 Å². The van der Waals surface area contributed by atoms with Gasteiger partial charge in [-0.15, -0.1) is 0 Å². The van der Waals surface area contributed by atoms with Gasteiger partial charge in [0, 0.05) is 24.0 Å². The highest BCUT2D eigenvalue weighted by molar-refractivity contribution is 6.06. The summed E-state index contributed by atoms with van der Waals surface area (Å²) >= 11 is 0. The van der Waals surface area contributed by atoms with Crippen molar-refractivity contribution in [2.24, 2.45) is 0 Å². The number of hydrogen-bond acceptors (Lipinski definition) is 9. The molecular weight excluding hydrogens is 540 g/mol. The van der Waals surface area contributed by atoms with Crippen molar-refractivity contribution in [3.05, 3.63) is 100 Å². The molecule has 0 aliphatic carbocycles. The summed E-state index contributed by atoms with van der Waals surface area (Å²) in [5.74, 6) is 0.833. The fourth-order valence-corrected chi connectivity index (χ4v) is 5.15. The van der Waals surface area contributed by atoms with E-state index in [0.717, 1.165) is 11.1 Å². The Morgan fingerprint density at radius 2 is 1.24 bits per heavy atom. The lowest BCUT2D eigenvalue weighted by Crippen LogP contribution is -2.37. The zero-order valence-corrected chi connectivity index (χ0v) is 23.7. The minimum atomic E-state index is -1.63. The van der Waals surface area contributed by atoms with E-state index in [-0.39, 0.29) is 35.5 Å². The van der Waals surface area contributed by atoms with E-state index in [1.54, 1.807) is 68.8 Å². The minimum absolute atomic E-state index is 0.00869. The van der Waals surface area contributed by atoms with Crippen LogP contribution in [0.4, 0.5) is 0 Å². The maximum atomic E-state index is 13.7. The Hall–Kier alpha value is -4.89. The van der Waals surface area contributed by atoms with Gasteiger partial charge in [-0.1, -0.05) is 30.3 Å². The molecule has 4 aromatic rings. The van der Waals surface area contributed by atoms with Gasteiger partial charge in [0.1, 0.15) is 34.3 Å². The third-order valence-corrected chi connectivity index (χ3v) is 7.46. The van der Waals surface area contributed by atoms with Crippen LogP contribution in [0.1, 0.15) is 44.3 Å². The molecule has 0 radical (unpaired) electrons. The predicted octanol–water partition coefficient (Wildman–Crippen LogP) is 4.99. The molecule has 0 saturated carbocycles. The van der Waals surface area contributed by atoms with Crippen LogP contribution >= 0.6 is 0 Å². The number of phenols is 2. The van der Waals surface area contributed by atoms with Gasteiger partial charge < -0.3 is 39.0 Å². The largest absolute Gasteiger partial charge is 0.507 e. The van der Waals surface area contributed by atoms with Crippen LogP contribution in [0, 0.1) is 0 Å². The summed E-state index contributed by atoms with van der Waals surface area (Å²) in [5, 5.41) is 34.1. The lowest BCUT2D eigenvalue weighted by atomic mass is 9.86. The molecule has 1 aliphatic heterocycles. The number of ether oxygens (including phenoxy) is 5. The number of fused-ring (bicyclic) bond motifs is 1. The molecule has 0 bridgehead atoms. The molecule has 42 heavy (non-hydrogen) atoms. The van der Waals surface area contributed by atoms with Gasteiger partial charge >= 0.3 is 0 Å². The van der Waals surface area contributed by atoms with E-state index in [2.05, 4.69) is 0 Å². The first-order chi connectivity index (χ1) is 20.3. The van der Waals surface area contributed by atoms with Gasteiger partial charge in [-0.3, -0.25) is 4.79 Å². The summed E-state index contributed by atoms with van der Waals surface area (Å²) in [4.78, 5) is 13.7. The van der Waals surface area contributed by atoms with Crippen molar-refractivity contribution in [1.82, 2.24) is 0 Å². The zero-order valence-electron chi connectivity index (χ0n) is 23.7. The van der Waals surface area contributed by atoms with Crippen LogP contribution in [0.15, 0.2) is 66.7 Å². The smallest absolute Gasteiger partial charge is 0.202 e. The third-order valence-electron chi connectivity index (χ3n) is 7.46. The fraction of sp³-hybridized carbons (Fsp3) is 0.242. The molecule has 0 saturated heterocycles. The molecule has 218 valence electrons. The highest BCUT2D eigenvalue weighted by atomic mass is 16.5. The van der Waals surface area contributed by atoms with E-state index in [4.69, 9.17) is 23.7 Å². The Bertz CT molecular complexity index is 1590. The van der Waals surface area contributed by atoms with Gasteiger partial charge in [-0.2, -0.15) is 0 Å². The normalized spacial score (nSPS) is 15.9. The highest BCUT2D eigenvalue weighted by Gasteiger charge is 2.42. The number of aromatic hydroxyl groups is 2. The summed E-state index contributed by atoms with van der Waals surface area (Å²) in [6, 6.07) is 19.3. The van der Waals surface area contributed by atoms with Crippen molar-refractivity contribution in [2.75, 3.05) is 28.4 Å². The van der Waals surface area contributed by atoms with Crippen molar-refractivity contribution in [1.29, 1.82) is 0 Å². The Morgan fingerprint density at radius 3 is 1.76 bits per heavy atom. The number of phenolic OH excluding ortho intramolecular Hbond substituents is 2. The number of rotatable bonds is 9. The van der Waals surface area contributed by atoms with Crippen molar-refractivity contribution < 1.29 is 43.8 Å². The first-order valence-corrected chi connectivity index (χ1v) is 13.3. The van der Waals surface area contributed by atoms with Gasteiger partial charge in [0.25, 0.3) is 0 Å². The number of carbonyl (C=O) groups excluding carboxylic acids is 1. The molecule has 5 rings (SSSR count). The summed E-state index contributed by atoms with van der Waals surface area (Å²) < 4.78 is 27.5. The maximum Gasteiger partial charge on any atom is 0.202 e. The highest BCUT2D eigenvalue weighted by Crippen LogP contribution is 2.50. The quantitative estimate of drug-likeness (QED) is 0.254. The molecule has 0 aromatic heterocycles. The average molecular weight is 573 g/mol. The van der Waals surface area contributed by atoms with Crippen LogP contribution in [0.2, 0.25) is 0 Å². The van der Waals surface area contributed by atoms with Gasteiger partial charge in [-0.05, 0) is 53.1 Å². The molecule has 1 heterocycles. The van der Waals surface area contributed by atoms with Crippen LogP contribution in [-0.4, -0.2) is 55.6 Å². The number of carbonyl (C=O) groups is 1. The van der Waals surface area contributed by atoms with E-state index in [1.165, 1.54) is 14.2 Å². The molecular formula is C33H32O9. The summed E-state index contributed by atoms with van der Waals surface area (Å²) in [5.41, 5.74) is 2.31. The van der Waals surface area contributed by atoms with E-state index in [0.29, 0.717) is 34.1 Å². The lowest BCUT2D eigenvalue weighted by Gasteiger charge is -2.33. The van der Waals surface area contributed by atoms with E-state index in [9.17, 15) is 20.1 Å².